The SMILES string of the molecule is CCOC(=O)C(O)CN1CCCN(CCO)C1. The Balaban J connectivity index is 2.32. The molecule has 0 aliphatic carbocycles. The van der Waals surface area contributed by atoms with E-state index >= 15 is 0 Å². The van der Waals surface area contributed by atoms with Gasteiger partial charge in [0.2, 0.25) is 0 Å². The number of hydrogen-bond acceptors (Lipinski definition) is 6. The maximum Gasteiger partial charge on any atom is 0.336 e. The summed E-state index contributed by atoms with van der Waals surface area (Å²) in [7, 11) is 0. The number of aliphatic hydroxyl groups excluding tert-OH is 2. The third-order valence-electron chi connectivity index (χ3n) is 2.75. The summed E-state index contributed by atoms with van der Waals surface area (Å²) in [6.07, 6.45) is -0.0979. The number of nitrogens with zero attached hydrogens (tertiary/aromatic N) is 2. The number of aliphatic hydroxyl groups is 2. The second kappa shape index (κ2) is 7.60. The Bertz CT molecular complexity index is 236. The predicted octanol–water partition coefficient (Wildman–Crippen LogP) is -1.13. The molecule has 0 aromatic carbocycles. The molecule has 0 radical (unpaired) electrons. The first-order valence-corrected chi connectivity index (χ1v) is 6.07. The lowest BCUT2D eigenvalue weighted by Crippen LogP contribution is -2.49. The van der Waals surface area contributed by atoms with Crippen molar-refractivity contribution < 1.29 is 19.7 Å². The summed E-state index contributed by atoms with van der Waals surface area (Å²) in [4.78, 5) is 15.4. The molecule has 1 unspecified atom stereocenters. The van der Waals surface area contributed by atoms with Crippen LogP contribution in [0, 0.1) is 0 Å². The highest BCUT2D eigenvalue weighted by Gasteiger charge is 2.23. The zero-order chi connectivity index (χ0) is 12.7. The maximum absolute atomic E-state index is 11.3. The molecule has 0 bridgehead atoms. The van der Waals surface area contributed by atoms with Gasteiger partial charge in [-0.25, -0.2) is 4.79 Å². The van der Waals surface area contributed by atoms with Crippen molar-refractivity contribution in [2.24, 2.45) is 0 Å². The molecule has 0 amide bonds. The summed E-state index contributed by atoms with van der Waals surface area (Å²) in [5.41, 5.74) is 0. The Kier molecular flexibility index (Phi) is 6.43. The van der Waals surface area contributed by atoms with E-state index in [9.17, 15) is 9.90 Å². The van der Waals surface area contributed by atoms with Crippen LogP contribution in [0.5, 0.6) is 0 Å². The zero-order valence-electron chi connectivity index (χ0n) is 10.3. The van der Waals surface area contributed by atoms with E-state index < -0.39 is 12.1 Å². The molecule has 6 nitrogen and oxygen atoms in total. The summed E-state index contributed by atoms with van der Waals surface area (Å²) in [6.45, 7) is 5.55. The van der Waals surface area contributed by atoms with Crippen molar-refractivity contribution in [2.45, 2.75) is 19.4 Å². The number of β-amino-alcohol motifs (C(OH)–C–C–N with tert-alkyl or cyclic N) is 2. The molecule has 1 rings (SSSR count). The van der Waals surface area contributed by atoms with Crippen LogP contribution in [0.15, 0.2) is 0 Å². The Morgan fingerprint density at radius 1 is 1.41 bits per heavy atom. The van der Waals surface area contributed by atoms with Crippen molar-refractivity contribution in [3.63, 3.8) is 0 Å². The first-order chi connectivity index (χ1) is 8.17. The Hall–Kier alpha value is -0.690. The Morgan fingerprint density at radius 3 is 2.76 bits per heavy atom. The van der Waals surface area contributed by atoms with Crippen LogP contribution in [0.1, 0.15) is 13.3 Å². The van der Waals surface area contributed by atoms with Crippen molar-refractivity contribution in [1.29, 1.82) is 0 Å². The van der Waals surface area contributed by atoms with Crippen molar-refractivity contribution in [1.82, 2.24) is 9.80 Å². The fourth-order valence-corrected chi connectivity index (χ4v) is 1.97. The van der Waals surface area contributed by atoms with E-state index in [1.165, 1.54) is 0 Å². The topological polar surface area (TPSA) is 73.2 Å². The van der Waals surface area contributed by atoms with Crippen molar-refractivity contribution in [2.75, 3.05) is 46.1 Å². The molecule has 17 heavy (non-hydrogen) atoms. The van der Waals surface area contributed by atoms with Gasteiger partial charge in [-0.1, -0.05) is 0 Å². The molecule has 0 aromatic rings. The van der Waals surface area contributed by atoms with Crippen LogP contribution in [-0.4, -0.2) is 78.1 Å². The van der Waals surface area contributed by atoms with Crippen LogP contribution < -0.4 is 0 Å². The first kappa shape index (κ1) is 14.4. The average molecular weight is 246 g/mol. The fraction of sp³-hybridized carbons (Fsp3) is 0.909. The number of rotatable bonds is 6. The first-order valence-electron chi connectivity index (χ1n) is 6.07. The van der Waals surface area contributed by atoms with Crippen LogP contribution in [0.3, 0.4) is 0 Å². The summed E-state index contributed by atoms with van der Waals surface area (Å²) >= 11 is 0. The van der Waals surface area contributed by atoms with E-state index in [-0.39, 0.29) is 13.2 Å². The van der Waals surface area contributed by atoms with E-state index in [2.05, 4.69) is 4.90 Å². The van der Waals surface area contributed by atoms with Crippen LogP contribution in [0.4, 0.5) is 0 Å². The van der Waals surface area contributed by atoms with Gasteiger partial charge in [0, 0.05) is 26.2 Å². The number of hydrogen-bond donors (Lipinski definition) is 2. The molecule has 1 aliphatic heterocycles. The average Bonchev–Trinajstić information content (AvgIpc) is 2.30. The second-order valence-electron chi connectivity index (χ2n) is 4.18. The minimum absolute atomic E-state index is 0.133. The molecule has 100 valence electrons. The fourth-order valence-electron chi connectivity index (χ4n) is 1.97. The smallest absolute Gasteiger partial charge is 0.336 e. The van der Waals surface area contributed by atoms with Gasteiger partial charge in [-0.2, -0.15) is 0 Å². The Labute approximate surface area is 102 Å². The molecular formula is C11H22N2O4. The maximum atomic E-state index is 11.3. The van der Waals surface area contributed by atoms with E-state index in [4.69, 9.17) is 9.84 Å². The number of carbonyl (C=O) groups is 1. The molecule has 0 spiro atoms. The number of ether oxygens (including phenoxy) is 1. The lowest BCUT2D eigenvalue weighted by atomic mass is 10.2. The van der Waals surface area contributed by atoms with Gasteiger partial charge in [-0.3, -0.25) is 9.80 Å². The van der Waals surface area contributed by atoms with Gasteiger partial charge >= 0.3 is 5.97 Å². The Morgan fingerprint density at radius 2 is 2.12 bits per heavy atom. The molecule has 1 fully saturated rings. The molecule has 0 aromatic heterocycles. The monoisotopic (exact) mass is 246 g/mol. The molecule has 1 atom stereocenters. The minimum atomic E-state index is -1.08. The van der Waals surface area contributed by atoms with E-state index in [1.54, 1.807) is 6.92 Å². The van der Waals surface area contributed by atoms with Gasteiger partial charge < -0.3 is 14.9 Å². The summed E-state index contributed by atoms with van der Waals surface area (Å²) in [6, 6.07) is 0. The van der Waals surface area contributed by atoms with Gasteiger partial charge in [0.1, 0.15) is 0 Å². The van der Waals surface area contributed by atoms with Gasteiger partial charge in [-0.15, -0.1) is 0 Å². The number of carbonyl (C=O) groups excluding carboxylic acids is 1. The van der Waals surface area contributed by atoms with Crippen LogP contribution >= 0.6 is 0 Å². The lowest BCUT2D eigenvalue weighted by molar-refractivity contribution is -0.154. The number of esters is 1. The van der Waals surface area contributed by atoms with Crippen LogP contribution in [0.25, 0.3) is 0 Å². The van der Waals surface area contributed by atoms with Gasteiger partial charge in [0.15, 0.2) is 6.10 Å². The molecular weight excluding hydrogens is 224 g/mol. The third-order valence-corrected chi connectivity index (χ3v) is 2.75. The van der Waals surface area contributed by atoms with Crippen LogP contribution in [0.2, 0.25) is 0 Å². The molecule has 2 N–H and O–H groups in total. The standard InChI is InChI=1S/C11H22N2O4/c1-2-17-11(16)10(15)8-13-5-3-4-12(9-13)6-7-14/h10,14-15H,2-9H2,1H3. The van der Waals surface area contributed by atoms with Crippen molar-refractivity contribution in [3.8, 4) is 0 Å². The van der Waals surface area contributed by atoms with Gasteiger partial charge in [-0.05, 0) is 13.3 Å². The second-order valence-corrected chi connectivity index (χ2v) is 4.18. The predicted molar refractivity (Wildman–Crippen MR) is 62.4 cm³/mol. The van der Waals surface area contributed by atoms with Crippen molar-refractivity contribution in [3.05, 3.63) is 0 Å². The summed E-state index contributed by atoms with van der Waals surface area (Å²) in [5.74, 6) is -0.563. The van der Waals surface area contributed by atoms with Crippen LogP contribution in [-0.2, 0) is 9.53 Å². The van der Waals surface area contributed by atoms with Gasteiger partial charge in [0.05, 0.1) is 19.9 Å². The quantitative estimate of drug-likeness (QED) is 0.578. The molecule has 6 heteroatoms. The van der Waals surface area contributed by atoms with E-state index in [1.807, 2.05) is 4.90 Å². The van der Waals surface area contributed by atoms with Gasteiger partial charge in [0.25, 0.3) is 0 Å². The third kappa shape index (κ3) is 4.99. The minimum Gasteiger partial charge on any atom is -0.464 e. The highest BCUT2D eigenvalue weighted by Crippen LogP contribution is 2.06. The van der Waals surface area contributed by atoms with E-state index in [0.717, 1.165) is 19.5 Å². The lowest BCUT2D eigenvalue weighted by Gasteiger charge is -2.35. The molecule has 0 saturated carbocycles. The largest absolute Gasteiger partial charge is 0.464 e. The summed E-state index contributed by atoms with van der Waals surface area (Å²) < 4.78 is 4.75. The molecule has 1 saturated heterocycles. The highest BCUT2D eigenvalue weighted by atomic mass is 16.5. The van der Waals surface area contributed by atoms with E-state index in [0.29, 0.717) is 19.8 Å². The molecule has 1 heterocycles. The highest BCUT2D eigenvalue weighted by molar-refractivity contribution is 5.74. The zero-order valence-corrected chi connectivity index (χ0v) is 10.3. The summed E-state index contributed by atoms with van der Waals surface area (Å²) in [5, 5.41) is 18.5. The normalized spacial score (nSPS) is 20.2. The molecule has 1 aliphatic rings. The van der Waals surface area contributed by atoms with Crippen molar-refractivity contribution >= 4 is 5.97 Å².